The zero-order valence-corrected chi connectivity index (χ0v) is 12.7. The maximum Gasteiger partial charge on any atom is 0.340 e. The van der Waals surface area contributed by atoms with E-state index in [2.05, 4.69) is 5.32 Å². The molecule has 1 aromatic carbocycles. The van der Waals surface area contributed by atoms with Gasteiger partial charge in [0.15, 0.2) is 6.10 Å². The van der Waals surface area contributed by atoms with Gasteiger partial charge in [0, 0.05) is 11.2 Å². The lowest BCUT2D eigenvalue weighted by atomic mass is 10.1. The molecule has 5 nitrogen and oxygen atoms in total. The lowest BCUT2D eigenvalue weighted by molar-refractivity contribution is -0.130. The van der Waals surface area contributed by atoms with E-state index >= 15 is 0 Å². The number of esters is 1. The van der Waals surface area contributed by atoms with Gasteiger partial charge >= 0.3 is 5.97 Å². The van der Waals surface area contributed by atoms with Crippen LogP contribution in [-0.2, 0) is 9.53 Å². The molecule has 0 radical (unpaired) electrons. The first-order valence-corrected chi connectivity index (χ1v) is 6.56. The van der Waals surface area contributed by atoms with Crippen molar-refractivity contribution in [2.45, 2.75) is 39.3 Å². The van der Waals surface area contributed by atoms with Crippen molar-refractivity contribution < 1.29 is 14.3 Å². The van der Waals surface area contributed by atoms with Gasteiger partial charge in [0.1, 0.15) is 0 Å². The van der Waals surface area contributed by atoms with Crippen LogP contribution in [0.2, 0.25) is 5.02 Å². The molecule has 1 atom stereocenters. The molecule has 0 aliphatic carbocycles. The summed E-state index contributed by atoms with van der Waals surface area (Å²) in [4.78, 5) is 23.8. The summed E-state index contributed by atoms with van der Waals surface area (Å²) >= 11 is 5.91. The van der Waals surface area contributed by atoms with Gasteiger partial charge in [-0.2, -0.15) is 0 Å². The largest absolute Gasteiger partial charge is 0.449 e. The molecule has 0 spiro atoms. The van der Waals surface area contributed by atoms with Crippen molar-refractivity contribution in [3.8, 4) is 0 Å². The molecule has 1 rings (SSSR count). The molecule has 1 amide bonds. The fourth-order valence-corrected chi connectivity index (χ4v) is 1.71. The van der Waals surface area contributed by atoms with Crippen LogP contribution in [0.1, 0.15) is 38.1 Å². The average Bonchev–Trinajstić information content (AvgIpc) is 2.26. The Balaban J connectivity index is 2.73. The van der Waals surface area contributed by atoms with Crippen molar-refractivity contribution in [3.05, 3.63) is 28.8 Å². The van der Waals surface area contributed by atoms with Crippen LogP contribution in [0.25, 0.3) is 0 Å². The molecule has 6 heteroatoms. The van der Waals surface area contributed by atoms with E-state index in [1.54, 1.807) is 6.07 Å². The number of benzene rings is 1. The number of nitrogens with one attached hydrogen (secondary N) is 1. The average molecular weight is 299 g/mol. The number of amides is 1. The fraction of sp³-hybridized carbons (Fsp3) is 0.429. The van der Waals surface area contributed by atoms with Crippen molar-refractivity contribution in [1.29, 1.82) is 0 Å². The summed E-state index contributed by atoms with van der Waals surface area (Å²) in [6, 6.07) is 4.47. The van der Waals surface area contributed by atoms with Gasteiger partial charge < -0.3 is 15.8 Å². The van der Waals surface area contributed by atoms with Crippen LogP contribution in [0.15, 0.2) is 18.2 Å². The van der Waals surface area contributed by atoms with Crippen molar-refractivity contribution >= 4 is 29.2 Å². The minimum absolute atomic E-state index is 0.177. The first-order valence-electron chi connectivity index (χ1n) is 6.18. The monoisotopic (exact) mass is 298 g/mol. The van der Waals surface area contributed by atoms with Gasteiger partial charge in [-0.25, -0.2) is 4.79 Å². The second-order valence-corrected chi connectivity index (χ2v) is 5.93. The van der Waals surface area contributed by atoms with E-state index in [0.29, 0.717) is 5.69 Å². The second-order valence-electron chi connectivity index (χ2n) is 5.53. The molecule has 0 bridgehead atoms. The zero-order valence-electron chi connectivity index (χ0n) is 12.0. The van der Waals surface area contributed by atoms with E-state index in [1.807, 2.05) is 20.8 Å². The summed E-state index contributed by atoms with van der Waals surface area (Å²) < 4.78 is 5.09. The molecular weight excluding hydrogens is 280 g/mol. The van der Waals surface area contributed by atoms with Crippen LogP contribution >= 0.6 is 11.6 Å². The highest BCUT2D eigenvalue weighted by molar-refractivity contribution is 6.33. The lowest BCUT2D eigenvalue weighted by Gasteiger charge is -2.23. The number of rotatable bonds is 3. The number of hydrogen-bond donors (Lipinski definition) is 2. The predicted octanol–water partition coefficient (Wildman–Crippen LogP) is 2.38. The first kappa shape index (κ1) is 16.3. The third-order valence-electron chi connectivity index (χ3n) is 2.36. The number of ether oxygens (including phenoxy) is 1. The number of anilines is 1. The maximum absolute atomic E-state index is 11.9. The fourth-order valence-electron chi connectivity index (χ4n) is 1.45. The number of halogens is 1. The standard InChI is InChI=1S/C14H19ClN2O3/c1-8(12(18)17-14(2,3)4)20-13(19)10-6-5-9(16)7-11(10)15/h5-8H,16H2,1-4H3,(H,17,18). The number of carbonyl (C=O) groups is 2. The predicted molar refractivity (Wildman–Crippen MR) is 78.6 cm³/mol. The van der Waals surface area contributed by atoms with Gasteiger partial charge in [0.05, 0.1) is 10.6 Å². The molecule has 3 N–H and O–H groups in total. The molecule has 0 saturated heterocycles. The van der Waals surface area contributed by atoms with Gasteiger partial charge in [0.2, 0.25) is 0 Å². The minimum atomic E-state index is -0.907. The molecule has 110 valence electrons. The quantitative estimate of drug-likeness (QED) is 0.663. The molecule has 0 aliphatic heterocycles. The lowest BCUT2D eigenvalue weighted by Crippen LogP contribution is -2.46. The molecule has 0 aliphatic rings. The van der Waals surface area contributed by atoms with Gasteiger partial charge in [-0.3, -0.25) is 4.79 Å². The van der Waals surface area contributed by atoms with Gasteiger partial charge in [-0.05, 0) is 45.9 Å². The van der Waals surface area contributed by atoms with E-state index in [4.69, 9.17) is 22.1 Å². The summed E-state index contributed by atoms with van der Waals surface area (Å²) in [6.07, 6.45) is -0.907. The van der Waals surface area contributed by atoms with Crippen molar-refractivity contribution in [2.75, 3.05) is 5.73 Å². The number of hydrogen-bond acceptors (Lipinski definition) is 4. The Hall–Kier alpha value is -1.75. The molecule has 0 heterocycles. The summed E-state index contributed by atoms with van der Waals surface area (Å²) in [5, 5.41) is 2.92. The van der Waals surface area contributed by atoms with Crippen LogP contribution < -0.4 is 11.1 Å². The van der Waals surface area contributed by atoms with Gasteiger partial charge in [-0.1, -0.05) is 11.6 Å². The van der Waals surface area contributed by atoms with E-state index in [-0.39, 0.29) is 16.5 Å². The highest BCUT2D eigenvalue weighted by atomic mass is 35.5. The Morgan fingerprint density at radius 3 is 2.45 bits per heavy atom. The summed E-state index contributed by atoms with van der Waals surface area (Å²) in [7, 11) is 0. The molecule has 1 aromatic rings. The molecule has 0 aromatic heterocycles. The number of nitrogens with two attached hydrogens (primary N) is 1. The van der Waals surface area contributed by atoms with Crippen LogP contribution in [0.4, 0.5) is 5.69 Å². The zero-order chi connectivity index (χ0) is 15.5. The third kappa shape index (κ3) is 4.74. The summed E-state index contributed by atoms with van der Waals surface area (Å²) in [5.41, 5.74) is 5.78. The van der Waals surface area contributed by atoms with E-state index in [1.165, 1.54) is 19.1 Å². The highest BCUT2D eigenvalue weighted by Crippen LogP contribution is 2.20. The van der Waals surface area contributed by atoms with Crippen molar-refractivity contribution in [3.63, 3.8) is 0 Å². The van der Waals surface area contributed by atoms with Crippen molar-refractivity contribution in [1.82, 2.24) is 5.32 Å². The van der Waals surface area contributed by atoms with Gasteiger partial charge in [-0.15, -0.1) is 0 Å². The van der Waals surface area contributed by atoms with Crippen LogP contribution in [0, 0.1) is 0 Å². The highest BCUT2D eigenvalue weighted by Gasteiger charge is 2.23. The molecule has 1 unspecified atom stereocenters. The van der Waals surface area contributed by atoms with Crippen LogP contribution in [0.3, 0.4) is 0 Å². The SMILES string of the molecule is CC(OC(=O)c1ccc(N)cc1Cl)C(=O)NC(C)(C)C. The Bertz CT molecular complexity index is 524. The molecular formula is C14H19ClN2O3. The smallest absolute Gasteiger partial charge is 0.340 e. The molecule has 20 heavy (non-hydrogen) atoms. The number of nitrogen functional groups attached to an aromatic ring is 1. The Labute approximate surface area is 123 Å². The van der Waals surface area contributed by atoms with E-state index < -0.39 is 17.6 Å². The Morgan fingerprint density at radius 1 is 1.35 bits per heavy atom. The Kier molecular flexibility index (Phi) is 5.00. The molecule has 0 fully saturated rings. The maximum atomic E-state index is 11.9. The normalized spacial score (nSPS) is 12.7. The Morgan fingerprint density at radius 2 is 1.95 bits per heavy atom. The van der Waals surface area contributed by atoms with Crippen molar-refractivity contribution in [2.24, 2.45) is 0 Å². The van der Waals surface area contributed by atoms with Crippen LogP contribution in [-0.4, -0.2) is 23.5 Å². The summed E-state index contributed by atoms with van der Waals surface area (Å²) in [5.74, 6) is -1.02. The number of carbonyl (C=O) groups excluding carboxylic acids is 2. The van der Waals surface area contributed by atoms with Gasteiger partial charge in [0.25, 0.3) is 5.91 Å². The van der Waals surface area contributed by atoms with Crippen LogP contribution in [0.5, 0.6) is 0 Å². The summed E-state index contributed by atoms with van der Waals surface area (Å²) in [6.45, 7) is 7.03. The molecule has 0 saturated carbocycles. The first-order chi connectivity index (χ1) is 9.10. The van der Waals surface area contributed by atoms with E-state index in [0.717, 1.165) is 0 Å². The topological polar surface area (TPSA) is 81.4 Å². The second kappa shape index (κ2) is 6.13. The third-order valence-corrected chi connectivity index (χ3v) is 2.68. The minimum Gasteiger partial charge on any atom is -0.449 e. The van der Waals surface area contributed by atoms with E-state index in [9.17, 15) is 9.59 Å².